The summed E-state index contributed by atoms with van der Waals surface area (Å²) in [5.41, 5.74) is 0.726. The third-order valence-electron chi connectivity index (χ3n) is 4.31. The number of thioether (sulfide) groups is 1. The van der Waals surface area contributed by atoms with Crippen molar-refractivity contribution in [3.63, 3.8) is 0 Å². The third-order valence-corrected chi connectivity index (χ3v) is 6.38. The summed E-state index contributed by atoms with van der Waals surface area (Å²) in [6.07, 6.45) is 5.11. The quantitative estimate of drug-likeness (QED) is 0.680. The third kappa shape index (κ3) is 5.24. The van der Waals surface area contributed by atoms with Gasteiger partial charge in [0.15, 0.2) is 0 Å². The molecule has 0 spiro atoms. The molecule has 0 unspecified atom stereocenters. The Bertz CT molecular complexity index is 708. The highest BCUT2D eigenvalue weighted by molar-refractivity contribution is 8.00. The van der Waals surface area contributed by atoms with E-state index in [0.29, 0.717) is 17.0 Å². The Hall–Kier alpha value is -1.53. The van der Waals surface area contributed by atoms with E-state index in [4.69, 9.17) is 4.74 Å². The van der Waals surface area contributed by atoms with E-state index < -0.39 is 0 Å². The molecule has 1 amide bonds. The van der Waals surface area contributed by atoms with E-state index in [9.17, 15) is 4.79 Å². The Morgan fingerprint density at radius 1 is 1.31 bits per heavy atom. The smallest absolute Gasteiger partial charge is 0.278 e. The van der Waals surface area contributed by atoms with Gasteiger partial charge in [-0.1, -0.05) is 32.1 Å². The summed E-state index contributed by atoms with van der Waals surface area (Å²) in [4.78, 5) is 19.2. The first kappa shape index (κ1) is 19.2. The van der Waals surface area contributed by atoms with Crippen molar-refractivity contribution in [1.82, 2.24) is 9.88 Å². The maximum Gasteiger partial charge on any atom is 0.278 e. The molecule has 1 aromatic carbocycles. The molecule has 1 aliphatic heterocycles. The summed E-state index contributed by atoms with van der Waals surface area (Å²) < 4.78 is 5.90. The average molecular weight is 391 g/mol. The molecule has 1 saturated heterocycles. The number of ether oxygens (including phenoxy) is 1. The number of carbonyl (C=O) groups excluding carboxylic acids is 1. The largest absolute Gasteiger partial charge is 0.431 e. The molecule has 4 nitrogen and oxygen atoms in total. The number of hydrogen-bond acceptors (Lipinski definition) is 5. The predicted octanol–water partition coefficient (Wildman–Crippen LogP) is 5.46. The molecule has 1 aromatic heterocycles. The van der Waals surface area contributed by atoms with Crippen molar-refractivity contribution in [3.8, 4) is 10.9 Å². The van der Waals surface area contributed by atoms with E-state index in [1.54, 1.807) is 6.20 Å². The second-order valence-corrected chi connectivity index (χ2v) is 10.2. The molecular weight excluding hydrogens is 364 g/mol. The number of amides is 1. The maximum atomic E-state index is 13.0. The summed E-state index contributed by atoms with van der Waals surface area (Å²) in [5.74, 6) is 1.83. The van der Waals surface area contributed by atoms with Gasteiger partial charge in [-0.05, 0) is 43.5 Å². The number of nitrogens with zero attached hydrogens (tertiary/aromatic N) is 2. The van der Waals surface area contributed by atoms with Crippen LogP contribution in [-0.4, -0.2) is 38.9 Å². The number of likely N-dealkylation sites (tertiary alicyclic amines) is 1. The van der Waals surface area contributed by atoms with Crippen molar-refractivity contribution < 1.29 is 9.53 Å². The number of carbonyl (C=O) groups is 1. The lowest BCUT2D eigenvalue weighted by atomic mass is 10.0. The van der Waals surface area contributed by atoms with Crippen molar-refractivity contribution >= 4 is 29.0 Å². The van der Waals surface area contributed by atoms with E-state index in [0.717, 1.165) is 30.7 Å². The minimum atomic E-state index is 0.130. The Morgan fingerprint density at radius 2 is 2.08 bits per heavy atom. The van der Waals surface area contributed by atoms with Crippen LogP contribution in [0.2, 0.25) is 0 Å². The predicted molar refractivity (Wildman–Crippen MR) is 110 cm³/mol. The lowest BCUT2D eigenvalue weighted by molar-refractivity contribution is 0.0640. The van der Waals surface area contributed by atoms with Crippen LogP contribution in [0.15, 0.2) is 35.8 Å². The molecule has 2 heterocycles. The van der Waals surface area contributed by atoms with Crippen molar-refractivity contribution in [2.75, 3.05) is 12.3 Å². The van der Waals surface area contributed by atoms with E-state index in [2.05, 4.69) is 30.7 Å². The molecule has 1 aliphatic rings. The van der Waals surface area contributed by atoms with Crippen LogP contribution in [0.1, 0.15) is 50.4 Å². The SMILES string of the molecule is CC(C)(C)SC[C@@H]1CCCCN1C(=O)c1ccc(Oc2nccs2)cc1. The average Bonchev–Trinajstić information content (AvgIpc) is 3.13. The number of benzene rings is 1. The number of rotatable bonds is 5. The topological polar surface area (TPSA) is 42.4 Å². The molecule has 3 rings (SSSR count). The minimum absolute atomic E-state index is 0.130. The molecule has 1 fully saturated rings. The molecule has 140 valence electrons. The normalized spacial score (nSPS) is 18.0. The van der Waals surface area contributed by atoms with Gasteiger partial charge in [0.1, 0.15) is 5.75 Å². The lowest BCUT2D eigenvalue weighted by Crippen LogP contribution is -2.45. The van der Waals surface area contributed by atoms with Crippen LogP contribution in [0.5, 0.6) is 10.9 Å². The van der Waals surface area contributed by atoms with Crippen molar-refractivity contribution in [2.45, 2.75) is 50.8 Å². The monoisotopic (exact) mass is 390 g/mol. The van der Waals surface area contributed by atoms with Crippen molar-refractivity contribution in [1.29, 1.82) is 0 Å². The summed E-state index contributed by atoms with van der Waals surface area (Å²) in [5, 5.41) is 2.48. The van der Waals surface area contributed by atoms with Gasteiger partial charge in [0.05, 0.1) is 0 Å². The van der Waals surface area contributed by atoms with Crippen LogP contribution < -0.4 is 4.74 Å². The van der Waals surface area contributed by atoms with Gasteiger partial charge in [0.25, 0.3) is 11.1 Å². The Kier molecular flexibility index (Phi) is 6.24. The van der Waals surface area contributed by atoms with Gasteiger partial charge in [0, 0.05) is 40.2 Å². The Balaban J connectivity index is 1.66. The van der Waals surface area contributed by atoms with Crippen LogP contribution in [0.4, 0.5) is 0 Å². The second-order valence-electron chi connectivity index (χ2n) is 7.50. The molecule has 0 bridgehead atoms. The van der Waals surface area contributed by atoms with E-state index in [1.165, 1.54) is 17.8 Å². The number of thiazole rings is 1. The maximum absolute atomic E-state index is 13.0. The summed E-state index contributed by atoms with van der Waals surface area (Å²) >= 11 is 3.39. The second kappa shape index (κ2) is 8.44. The van der Waals surface area contributed by atoms with E-state index in [1.807, 2.05) is 41.4 Å². The summed E-state index contributed by atoms with van der Waals surface area (Å²) in [6, 6.07) is 7.73. The molecule has 6 heteroatoms. The van der Waals surface area contributed by atoms with Crippen LogP contribution in [0.3, 0.4) is 0 Å². The fourth-order valence-corrected chi connectivity index (χ4v) is 4.52. The lowest BCUT2D eigenvalue weighted by Gasteiger charge is -2.37. The summed E-state index contributed by atoms with van der Waals surface area (Å²) in [6.45, 7) is 7.54. The first-order chi connectivity index (χ1) is 12.4. The molecule has 0 N–H and O–H groups in total. The first-order valence-corrected chi connectivity index (χ1v) is 10.9. The zero-order valence-corrected chi connectivity index (χ0v) is 17.2. The van der Waals surface area contributed by atoms with Crippen LogP contribution in [0, 0.1) is 0 Å². The first-order valence-electron chi connectivity index (χ1n) is 9.05. The van der Waals surface area contributed by atoms with Crippen LogP contribution in [0.25, 0.3) is 0 Å². The Labute approximate surface area is 164 Å². The molecule has 0 radical (unpaired) electrons. The molecule has 1 atom stereocenters. The van der Waals surface area contributed by atoms with Gasteiger partial charge in [-0.15, -0.1) is 0 Å². The van der Waals surface area contributed by atoms with Gasteiger partial charge < -0.3 is 9.64 Å². The molecule has 0 aliphatic carbocycles. The molecule has 26 heavy (non-hydrogen) atoms. The van der Waals surface area contributed by atoms with Crippen molar-refractivity contribution in [3.05, 3.63) is 41.4 Å². The molecule has 2 aromatic rings. The van der Waals surface area contributed by atoms with E-state index in [-0.39, 0.29) is 10.7 Å². The van der Waals surface area contributed by atoms with Gasteiger partial charge in [-0.25, -0.2) is 4.98 Å². The zero-order valence-electron chi connectivity index (χ0n) is 15.6. The number of aromatic nitrogens is 1. The summed E-state index contributed by atoms with van der Waals surface area (Å²) in [7, 11) is 0. The Morgan fingerprint density at radius 3 is 2.73 bits per heavy atom. The van der Waals surface area contributed by atoms with Gasteiger partial charge >= 0.3 is 0 Å². The minimum Gasteiger partial charge on any atom is -0.431 e. The van der Waals surface area contributed by atoms with Gasteiger partial charge in [-0.3, -0.25) is 4.79 Å². The van der Waals surface area contributed by atoms with E-state index >= 15 is 0 Å². The molecule has 0 saturated carbocycles. The van der Waals surface area contributed by atoms with Crippen LogP contribution >= 0.6 is 23.1 Å². The fraction of sp³-hybridized carbons (Fsp3) is 0.500. The van der Waals surface area contributed by atoms with Crippen LogP contribution in [-0.2, 0) is 0 Å². The number of hydrogen-bond donors (Lipinski definition) is 0. The van der Waals surface area contributed by atoms with Gasteiger partial charge in [0.2, 0.25) is 0 Å². The number of piperidine rings is 1. The standard InChI is InChI=1S/C20H26N2O2S2/c1-20(2,3)26-14-16-6-4-5-12-22(16)18(23)15-7-9-17(10-8-15)24-19-21-11-13-25-19/h7-11,13,16H,4-6,12,14H2,1-3H3/t16-/m0/s1. The van der Waals surface area contributed by atoms with Crippen molar-refractivity contribution in [2.24, 2.45) is 0 Å². The highest BCUT2D eigenvalue weighted by Crippen LogP contribution is 2.30. The highest BCUT2D eigenvalue weighted by atomic mass is 32.2. The zero-order chi connectivity index (χ0) is 18.6. The van der Waals surface area contributed by atoms with Gasteiger partial charge in [-0.2, -0.15) is 11.8 Å². The molecular formula is C20H26N2O2S2. The fourth-order valence-electron chi connectivity index (χ4n) is 2.98. The highest BCUT2D eigenvalue weighted by Gasteiger charge is 2.28.